The SMILES string of the molecule is CC(C)Cn1c(CCN)nc2cc(Cl)ccc21. The van der Waals surface area contributed by atoms with Crippen molar-refractivity contribution in [3.05, 3.63) is 29.0 Å². The number of aromatic nitrogens is 2. The van der Waals surface area contributed by atoms with Crippen molar-refractivity contribution in [2.24, 2.45) is 11.7 Å². The molecule has 2 N–H and O–H groups in total. The van der Waals surface area contributed by atoms with Crippen molar-refractivity contribution in [1.82, 2.24) is 9.55 Å². The molecule has 2 rings (SSSR count). The highest BCUT2D eigenvalue weighted by molar-refractivity contribution is 6.31. The standard InChI is InChI=1S/C13H18ClN3/c1-9(2)8-17-12-4-3-10(14)7-11(12)16-13(17)5-6-15/h3-4,7,9H,5-6,8,15H2,1-2H3. The molecule has 1 heterocycles. The highest BCUT2D eigenvalue weighted by Gasteiger charge is 2.11. The van der Waals surface area contributed by atoms with Gasteiger partial charge in [0.15, 0.2) is 0 Å². The largest absolute Gasteiger partial charge is 0.330 e. The maximum absolute atomic E-state index is 5.99. The van der Waals surface area contributed by atoms with Gasteiger partial charge in [0.2, 0.25) is 0 Å². The fourth-order valence-corrected chi connectivity index (χ4v) is 2.21. The van der Waals surface area contributed by atoms with Crippen LogP contribution in [0.15, 0.2) is 18.2 Å². The summed E-state index contributed by atoms with van der Waals surface area (Å²) in [6.45, 7) is 5.99. The van der Waals surface area contributed by atoms with Crippen LogP contribution in [0.25, 0.3) is 11.0 Å². The summed E-state index contributed by atoms with van der Waals surface area (Å²) in [5, 5.41) is 0.728. The minimum atomic E-state index is 0.583. The van der Waals surface area contributed by atoms with Gasteiger partial charge in [-0.05, 0) is 30.7 Å². The van der Waals surface area contributed by atoms with Crippen LogP contribution in [0.3, 0.4) is 0 Å². The predicted molar refractivity (Wildman–Crippen MR) is 72.3 cm³/mol. The van der Waals surface area contributed by atoms with E-state index < -0.39 is 0 Å². The van der Waals surface area contributed by atoms with E-state index in [9.17, 15) is 0 Å². The molecule has 0 bridgehead atoms. The van der Waals surface area contributed by atoms with Gasteiger partial charge in [0, 0.05) is 18.0 Å². The van der Waals surface area contributed by atoms with E-state index in [1.54, 1.807) is 0 Å². The predicted octanol–water partition coefficient (Wildman–Crippen LogP) is 2.85. The van der Waals surface area contributed by atoms with Crippen LogP contribution in [0.2, 0.25) is 5.02 Å². The molecule has 1 aromatic heterocycles. The maximum Gasteiger partial charge on any atom is 0.111 e. The zero-order valence-electron chi connectivity index (χ0n) is 10.3. The third-order valence-corrected chi connectivity index (χ3v) is 2.94. The third-order valence-electron chi connectivity index (χ3n) is 2.71. The highest BCUT2D eigenvalue weighted by atomic mass is 35.5. The van der Waals surface area contributed by atoms with E-state index in [-0.39, 0.29) is 0 Å². The fraction of sp³-hybridized carbons (Fsp3) is 0.462. The Bertz CT molecular complexity index is 517. The Labute approximate surface area is 107 Å². The number of nitrogens with zero attached hydrogens (tertiary/aromatic N) is 2. The van der Waals surface area contributed by atoms with Crippen molar-refractivity contribution >= 4 is 22.6 Å². The Kier molecular flexibility index (Phi) is 3.69. The van der Waals surface area contributed by atoms with Crippen molar-refractivity contribution in [3.63, 3.8) is 0 Å². The highest BCUT2D eigenvalue weighted by Crippen LogP contribution is 2.21. The summed E-state index contributed by atoms with van der Waals surface area (Å²) < 4.78 is 2.25. The van der Waals surface area contributed by atoms with Crippen LogP contribution in [0.1, 0.15) is 19.7 Å². The summed E-state index contributed by atoms with van der Waals surface area (Å²) in [7, 11) is 0. The number of hydrogen-bond donors (Lipinski definition) is 1. The van der Waals surface area contributed by atoms with Crippen molar-refractivity contribution in [3.8, 4) is 0 Å². The molecule has 0 unspecified atom stereocenters. The van der Waals surface area contributed by atoms with Crippen LogP contribution < -0.4 is 5.73 Å². The van der Waals surface area contributed by atoms with Gasteiger partial charge in [-0.1, -0.05) is 25.4 Å². The lowest BCUT2D eigenvalue weighted by Crippen LogP contribution is -2.12. The second-order valence-electron chi connectivity index (χ2n) is 4.70. The van der Waals surface area contributed by atoms with Crippen molar-refractivity contribution in [2.45, 2.75) is 26.8 Å². The average Bonchev–Trinajstić information content (AvgIpc) is 2.56. The van der Waals surface area contributed by atoms with E-state index in [4.69, 9.17) is 17.3 Å². The van der Waals surface area contributed by atoms with E-state index in [2.05, 4.69) is 23.4 Å². The number of imidazole rings is 1. The summed E-state index contributed by atoms with van der Waals surface area (Å²) in [6, 6.07) is 5.86. The first kappa shape index (κ1) is 12.4. The topological polar surface area (TPSA) is 43.8 Å². The van der Waals surface area contributed by atoms with E-state index >= 15 is 0 Å². The normalized spacial score (nSPS) is 11.6. The Morgan fingerprint density at radius 2 is 2.18 bits per heavy atom. The number of benzene rings is 1. The Hall–Kier alpha value is -1.06. The zero-order chi connectivity index (χ0) is 12.4. The molecule has 0 aliphatic carbocycles. The Balaban J connectivity index is 2.54. The number of halogens is 1. The first-order valence-corrected chi connectivity index (χ1v) is 6.34. The second-order valence-corrected chi connectivity index (χ2v) is 5.14. The molecule has 17 heavy (non-hydrogen) atoms. The van der Waals surface area contributed by atoms with Gasteiger partial charge in [-0.2, -0.15) is 0 Å². The molecule has 0 aliphatic heterocycles. The van der Waals surface area contributed by atoms with Crippen molar-refractivity contribution in [2.75, 3.05) is 6.54 Å². The first-order chi connectivity index (χ1) is 8.11. The average molecular weight is 252 g/mol. The molecule has 92 valence electrons. The molecular formula is C13H18ClN3. The summed E-state index contributed by atoms with van der Waals surface area (Å²) >= 11 is 5.99. The molecule has 0 radical (unpaired) electrons. The monoisotopic (exact) mass is 251 g/mol. The minimum Gasteiger partial charge on any atom is -0.330 e. The number of nitrogens with two attached hydrogens (primary N) is 1. The molecule has 0 saturated carbocycles. The van der Waals surface area contributed by atoms with Gasteiger partial charge in [0.05, 0.1) is 11.0 Å². The molecule has 0 amide bonds. The molecular weight excluding hydrogens is 234 g/mol. The third kappa shape index (κ3) is 2.61. The number of hydrogen-bond acceptors (Lipinski definition) is 2. The van der Waals surface area contributed by atoms with Crippen LogP contribution in [-0.2, 0) is 13.0 Å². The maximum atomic E-state index is 5.99. The smallest absolute Gasteiger partial charge is 0.111 e. The van der Waals surface area contributed by atoms with Crippen LogP contribution >= 0.6 is 11.6 Å². The molecule has 0 aliphatic rings. The minimum absolute atomic E-state index is 0.583. The van der Waals surface area contributed by atoms with E-state index in [0.29, 0.717) is 12.5 Å². The van der Waals surface area contributed by atoms with Crippen LogP contribution in [0.4, 0.5) is 0 Å². The number of fused-ring (bicyclic) bond motifs is 1. The van der Waals surface area contributed by atoms with Crippen LogP contribution in [-0.4, -0.2) is 16.1 Å². The van der Waals surface area contributed by atoms with Gasteiger partial charge in [0.25, 0.3) is 0 Å². The lowest BCUT2D eigenvalue weighted by Gasteiger charge is -2.11. The molecule has 0 atom stereocenters. The van der Waals surface area contributed by atoms with Gasteiger partial charge < -0.3 is 10.3 Å². The quantitative estimate of drug-likeness (QED) is 0.908. The summed E-state index contributed by atoms with van der Waals surface area (Å²) in [6.07, 6.45) is 0.805. The van der Waals surface area contributed by atoms with E-state index in [0.717, 1.165) is 34.8 Å². The first-order valence-electron chi connectivity index (χ1n) is 5.96. The van der Waals surface area contributed by atoms with Crippen molar-refractivity contribution in [1.29, 1.82) is 0 Å². The summed E-state index contributed by atoms with van der Waals surface area (Å²) in [5.41, 5.74) is 7.74. The molecule has 0 saturated heterocycles. The zero-order valence-corrected chi connectivity index (χ0v) is 11.0. The summed E-state index contributed by atoms with van der Waals surface area (Å²) in [4.78, 5) is 4.61. The molecule has 3 nitrogen and oxygen atoms in total. The van der Waals surface area contributed by atoms with Gasteiger partial charge in [0.1, 0.15) is 5.82 Å². The fourth-order valence-electron chi connectivity index (χ4n) is 2.04. The lowest BCUT2D eigenvalue weighted by molar-refractivity contribution is 0.517. The van der Waals surface area contributed by atoms with Crippen LogP contribution in [0, 0.1) is 5.92 Å². The second kappa shape index (κ2) is 5.07. The van der Waals surface area contributed by atoms with Crippen molar-refractivity contribution < 1.29 is 0 Å². The molecule has 2 aromatic rings. The lowest BCUT2D eigenvalue weighted by atomic mass is 10.2. The Morgan fingerprint density at radius 3 is 2.82 bits per heavy atom. The number of rotatable bonds is 4. The molecule has 1 aromatic carbocycles. The van der Waals surface area contributed by atoms with E-state index in [1.807, 2.05) is 18.2 Å². The van der Waals surface area contributed by atoms with Gasteiger partial charge in [-0.15, -0.1) is 0 Å². The Morgan fingerprint density at radius 1 is 1.41 bits per heavy atom. The van der Waals surface area contributed by atoms with Gasteiger partial charge in [-0.3, -0.25) is 0 Å². The summed E-state index contributed by atoms with van der Waals surface area (Å²) in [5.74, 6) is 1.64. The van der Waals surface area contributed by atoms with Gasteiger partial charge in [-0.25, -0.2) is 4.98 Å². The molecule has 0 fully saturated rings. The van der Waals surface area contributed by atoms with Crippen LogP contribution in [0.5, 0.6) is 0 Å². The van der Waals surface area contributed by atoms with E-state index in [1.165, 1.54) is 0 Å². The van der Waals surface area contributed by atoms with Gasteiger partial charge >= 0.3 is 0 Å². The molecule has 4 heteroatoms. The molecule has 0 spiro atoms.